The highest BCUT2D eigenvalue weighted by Crippen LogP contribution is 2.31. The molecule has 0 bridgehead atoms. The Bertz CT molecular complexity index is 907. The lowest BCUT2D eigenvalue weighted by molar-refractivity contribution is -0.134. The van der Waals surface area contributed by atoms with Crippen LogP contribution in [0.5, 0.6) is 11.5 Å². The number of fused-ring (bicyclic) bond motifs is 1. The minimum absolute atomic E-state index is 0.000431. The van der Waals surface area contributed by atoms with Crippen LogP contribution in [0.4, 0.5) is 0 Å². The van der Waals surface area contributed by atoms with E-state index in [0.717, 1.165) is 30.1 Å². The number of hydrogen-bond acceptors (Lipinski definition) is 5. The van der Waals surface area contributed by atoms with Gasteiger partial charge >= 0.3 is 0 Å². The van der Waals surface area contributed by atoms with E-state index in [9.17, 15) is 4.79 Å². The summed E-state index contributed by atoms with van der Waals surface area (Å²) < 4.78 is 12.7. The molecule has 0 radical (unpaired) electrons. The zero-order valence-electron chi connectivity index (χ0n) is 14.5. The summed E-state index contributed by atoms with van der Waals surface area (Å²) >= 11 is 0. The summed E-state index contributed by atoms with van der Waals surface area (Å²) in [5, 5.41) is 8.51. The molecule has 0 N–H and O–H groups in total. The number of carbonyl (C=O) groups excluding carboxylic acids is 1. The highest BCUT2D eigenvalue weighted by Gasteiger charge is 2.33. The van der Waals surface area contributed by atoms with Crippen LogP contribution in [0.25, 0.3) is 5.65 Å². The minimum atomic E-state index is -0.0700. The average molecular weight is 352 g/mol. The van der Waals surface area contributed by atoms with Gasteiger partial charge in [0.2, 0.25) is 0 Å². The molecule has 2 aromatic heterocycles. The van der Waals surface area contributed by atoms with Gasteiger partial charge < -0.3 is 14.4 Å². The number of amides is 1. The Kier molecular flexibility index (Phi) is 4.43. The van der Waals surface area contributed by atoms with Gasteiger partial charge in [0.15, 0.2) is 18.1 Å². The first-order valence-electron chi connectivity index (χ1n) is 8.62. The number of ether oxygens (including phenoxy) is 2. The fourth-order valence-corrected chi connectivity index (χ4v) is 3.32. The topological polar surface area (TPSA) is 69.0 Å². The zero-order valence-corrected chi connectivity index (χ0v) is 14.5. The molecule has 4 rings (SSSR count). The second kappa shape index (κ2) is 7.03. The summed E-state index contributed by atoms with van der Waals surface area (Å²) in [5.41, 5.74) is 0.788. The predicted octanol–water partition coefficient (Wildman–Crippen LogP) is 2.48. The number of pyridine rings is 1. The van der Waals surface area contributed by atoms with Gasteiger partial charge in [0.1, 0.15) is 11.5 Å². The molecule has 3 heterocycles. The number of likely N-dealkylation sites (tertiary alicyclic amines) is 1. The summed E-state index contributed by atoms with van der Waals surface area (Å²) in [5.74, 6) is 2.15. The van der Waals surface area contributed by atoms with Gasteiger partial charge in [-0.1, -0.05) is 6.07 Å². The molecule has 1 saturated heterocycles. The van der Waals surface area contributed by atoms with Crippen LogP contribution >= 0.6 is 0 Å². The third kappa shape index (κ3) is 3.08. The molecule has 0 aliphatic carbocycles. The van der Waals surface area contributed by atoms with Crippen molar-refractivity contribution in [2.45, 2.75) is 18.9 Å². The third-order valence-corrected chi connectivity index (χ3v) is 4.63. The van der Waals surface area contributed by atoms with Crippen LogP contribution in [0, 0.1) is 0 Å². The molecule has 1 aromatic carbocycles. The molecule has 1 atom stereocenters. The van der Waals surface area contributed by atoms with Crippen molar-refractivity contribution in [1.82, 2.24) is 19.5 Å². The van der Waals surface area contributed by atoms with E-state index in [1.807, 2.05) is 33.7 Å². The summed E-state index contributed by atoms with van der Waals surface area (Å²) in [7, 11) is 1.61. The number of rotatable bonds is 5. The number of benzene rings is 1. The molecule has 134 valence electrons. The zero-order chi connectivity index (χ0) is 17.9. The second-order valence-electron chi connectivity index (χ2n) is 6.20. The largest absolute Gasteiger partial charge is 0.497 e. The number of carbonyl (C=O) groups is 1. The Balaban J connectivity index is 1.46. The van der Waals surface area contributed by atoms with E-state index in [4.69, 9.17) is 9.47 Å². The number of methoxy groups -OCH3 is 1. The van der Waals surface area contributed by atoms with E-state index in [0.29, 0.717) is 12.3 Å². The van der Waals surface area contributed by atoms with Crippen molar-refractivity contribution in [2.75, 3.05) is 20.3 Å². The van der Waals surface area contributed by atoms with Crippen molar-refractivity contribution in [1.29, 1.82) is 0 Å². The van der Waals surface area contributed by atoms with Gasteiger partial charge in [-0.2, -0.15) is 0 Å². The van der Waals surface area contributed by atoms with Gasteiger partial charge in [0.05, 0.1) is 13.2 Å². The van der Waals surface area contributed by atoms with Gasteiger partial charge in [-0.15, -0.1) is 10.2 Å². The van der Waals surface area contributed by atoms with E-state index in [2.05, 4.69) is 10.2 Å². The molecule has 1 fully saturated rings. The van der Waals surface area contributed by atoms with Crippen LogP contribution in [0.3, 0.4) is 0 Å². The van der Waals surface area contributed by atoms with E-state index >= 15 is 0 Å². The third-order valence-electron chi connectivity index (χ3n) is 4.63. The fraction of sp³-hybridized carbons (Fsp3) is 0.316. The van der Waals surface area contributed by atoms with E-state index in [1.165, 1.54) is 0 Å². The quantitative estimate of drug-likeness (QED) is 0.706. The highest BCUT2D eigenvalue weighted by atomic mass is 16.5. The Hall–Kier alpha value is -3.09. The number of nitrogens with zero attached hydrogens (tertiary/aromatic N) is 4. The van der Waals surface area contributed by atoms with Crippen molar-refractivity contribution < 1.29 is 14.3 Å². The van der Waals surface area contributed by atoms with Crippen LogP contribution in [0.1, 0.15) is 24.7 Å². The lowest BCUT2D eigenvalue weighted by Crippen LogP contribution is -2.35. The van der Waals surface area contributed by atoms with Gasteiger partial charge in [0, 0.05) is 12.7 Å². The lowest BCUT2D eigenvalue weighted by Gasteiger charge is -2.23. The van der Waals surface area contributed by atoms with Gasteiger partial charge in [-0.25, -0.2) is 0 Å². The van der Waals surface area contributed by atoms with Crippen LogP contribution < -0.4 is 9.47 Å². The van der Waals surface area contributed by atoms with Crippen LogP contribution in [0.2, 0.25) is 0 Å². The molecule has 1 aliphatic heterocycles. The number of aromatic nitrogens is 3. The first-order valence-corrected chi connectivity index (χ1v) is 8.62. The maximum absolute atomic E-state index is 12.7. The molecule has 1 amide bonds. The normalized spacial score (nSPS) is 16.8. The van der Waals surface area contributed by atoms with Gasteiger partial charge in [-0.05, 0) is 49.2 Å². The first-order chi connectivity index (χ1) is 12.8. The molecule has 7 nitrogen and oxygen atoms in total. The molecule has 0 spiro atoms. The molecule has 7 heteroatoms. The van der Waals surface area contributed by atoms with Crippen molar-refractivity contribution >= 4 is 11.6 Å². The molecule has 1 aliphatic rings. The lowest BCUT2D eigenvalue weighted by atomic mass is 10.2. The summed E-state index contributed by atoms with van der Waals surface area (Å²) in [6.07, 6.45) is 3.75. The molecule has 0 saturated carbocycles. The smallest absolute Gasteiger partial charge is 0.261 e. The van der Waals surface area contributed by atoms with E-state index in [-0.39, 0.29) is 18.6 Å². The standard InChI is InChI=1S/C19H20N4O3/c1-25-14-7-9-15(10-8-14)26-13-18(24)22-12-4-5-16(22)19-21-20-17-6-2-3-11-23(17)19/h2-3,6-11,16H,4-5,12-13H2,1H3. The maximum Gasteiger partial charge on any atom is 0.261 e. The minimum Gasteiger partial charge on any atom is -0.497 e. The summed E-state index contributed by atoms with van der Waals surface area (Å²) in [6, 6.07) is 12.9. The molecular formula is C19H20N4O3. The van der Waals surface area contributed by atoms with Crippen LogP contribution in [0.15, 0.2) is 48.7 Å². The Morgan fingerprint density at radius 2 is 1.96 bits per heavy atom. The fourth-order valence-electron chi connectivity index (χ4n) is 3.32. The van der Waals surface area contributed by atoms with E-state index < -0.39 is 0 Å². The van der Waals surface area contributed by atoms with Crippen LogP contribution in [-0.4, -0.2) is 45.7 Å². The van der Waals surface area contributed by atoms with Gasteiger partial charge in [-0.3, -0.25) is 9.20 Å². The molecule has 26 heavy (non-hydrogen) atoms. The van der Waals surface area contributed by atoms with Crippen molar-refractivity contribution in [3.05, 3.63) is 54.5 Å². The Labute approximate surface area is 151 Å². The first kappa shape index (κ1) is 16.4. The summed E-state index contributed by atoms with van der Waals surface area (Å²) in [6.45, 7) is 0.705. The molecular weight excluding hydrogens is 332 g/mol. The maximum atomic E-state index is 12.7. The predicted molar refractivity (Wildman–Crippen MR) is 95.2 cm³/mol. The van der Waals surface area contributed by atoms with Crippen LogP contribution in [-0.2, 0) is 4.79 Å². The Morgan fingerprint density at radius 1 is 1.15 bits per heavy atom. The molecule has 1 unspecified atom stereocenters. The second-order valence-corrected chi connectivity index (χ2v) is 6.20. The highest BCUT2D eigenvalue weighted by molar-refractivity contribution is 5.78. The Morgan fingerprint density at radius 3 is 2.77 bits per heavy atom. The van der Waals surface area contributed by atoms with Gasteiger partial charge in [0.25, 0.3) is 5.91 Å². The monoisotopic (exact) mass is 352 g/mol. The SMILES string of the molecule is COc1ccc(OCC(=O)N2CCCC2c2nnc3ccccn23)cc1. The van der Waals surface area contributed by atoms with Crippen molar-refractivity contribution in [3.63, 3.8) is 0 Å². The van der Waals surface area contributed by atoms with Crippen molar-refractivity contribution in [2.24, 2.45) is 0 Å². The molecule has 3 aromatic rings. The average Bonchev–Trinajstić information content (AvgIpc) is 3.33. The summed E-state index contributed by atoms with van der Waals surface area (Å²) in [4.78, 5) is 14.5. The number of hydrogen-bond donors (Lipinski definition) is 0. The van der Waals surface area contributed by atoms with Crippen molar-refractivity contribution in [3.8, 4) is 11.5 Å². The van der Waals surface area contributed by atoms with E-state index in [1.54, 1.807) is 31.4 Å².